The molecule has 1 amide bonds. The van der Waals surface area contributed by atoms with Gasteiger partial charge in [0.05, 0.1) is 24.7 Å². The molecule has 11 heteroatoms. The molecule has 0 heterocycles. The van der Waals surface area contributed by atoms with Crippen molar-refractivity contribution in [1.29, 1.82) is 0 Å². The van der Waals surface area contributed by atoms with Crippen molar-refractivity contribution in [3.63, 3.8) is 0 Å². The van der Waals surface area contributed by atoms with Crippen LogP contribution in [0.15, 0.2) is 36.4 Å². The van der Waals surface area contributed by atoms with E-state index in [4.69, 9.17) is 9.47 Å². The largest absolute Gasteiger partial charge is 0.493 e. The lowest BCUT2D eigenvalue weighted by molar-refractivity contribution is -0.384. The van der Waals surface area contributed by atoms with Gasteiger partial charge in [0.2, 0.25) is 5.91 Å². The number of benzene rings is 2. The highest BCUT2D eigenvalue weighted by molar-refractivity contribution is 5.76. The van der Waals surface area contributed by atoms with Gasteiger partial charge in [0.15, 0.2) is 11.5 Å². The second kappa shape index (κ2) is 10.7. The van der Waals surface area contributed by atoms with E-state index in [0.717, 1.165) is 17.7 Å². The highest BCUT2D eigenvalue weighted by Gasteiger charge is 2.33. The zero-order valence-corrected chi connectivity index (χ0v) is 17.9. The molecule has 0 atom stereocenters. The lowest BCUT2D eigenvalue weighted by Gasteiger charge is -2.18. The number of likely N-dealkylation sites (N-methyl/N-ethyl adjacent to an activating group) is 1. The Bertz CT molecular complexity index is 966. The monoisotopic (exact) mass is 455 g/mol. The number of methoxy groups -OCH3 is 2. The molecular formula is C21H24F3N3O5. The number of rotatable bonds is 10. The predicted molar refractivity (Wildman–Crippen MR) is 112 cm³/mol. The summed E-state index contributed by atoms with van der Waals surface area (Å²) in [6, 6.07) is 7.68. The number of carbonyl (C=O) groups is 1. The maximum atomic E-state index is 12.8. The lowest BCUT2D eigenvalue weighted by atomic mass is 10.1. The summed E-state index contributed by atoms with van der Waals surface area (Å²) in [5, 5.41) is 13.8. The minimum Gasteiger partial charge on any atom is -0.493 e. The Kier molecular flexibility index (Phi) is 8.27. The number of nitrogens with zero attached hydrogens (tertiary/aromatic N) is 2. The van der Waals surface area contributed by atoms with Crippen LogP contribution >= 0.6 is 0 Å². The number of halogens is 3. The first-order valence-electron chi connectivity index (χ1n) is 9.61. The molecule has 2 aromatic rings. The Balaban J connectivity index is 1.91. The Morgan fingerprint density at radius 3 is 2.41 bits per heavy atom. The van der Waals surface area contributed by atoms with Crippen LogP contribution in [-0.4, -0.2) is 50.1 Å². The van der Waals surface area contributed by atoms with Crippen LogP contribution in [0.3, 0.4) is 0 Å². The highest BCUT2D eigenvalue weighted by atomic mass is 19.4. The molecule has 174 valence electrons. The molecule has 0 aliphatic heterocycles. The van der Waals surface area contributed by atoms with Gasteiger partial charge in [0.25, 0.3) is 5.69 Å². The molecule has 0 radical (unpaired) electrons. The molecule has 0 spiro atoms. The third kappa shape index (κ3) is 6.50. The van der Waals surface area contributed by atoms with Gasteiger partial charge in [-0.05, 0) is 36.2 Å². The molecule has 0 bridgehead atoms. The molecule has 2 rings (SSSR count). The van der Waals surface area contributed by atoms with Crippen molar-refractivity contribution in [3.05, 3.63) is 57.6 Å². The minimum atomic E-state index is -4.68. The average molecular weight is 455 g/mol. The quantitative estimate of drug-likeness (QED) is 0.428. The van der Waals surface area contributed by atoms with Crippen LogP contribution in [0, 0.1) is 10.1 Å². The molecule has 0 aliphatic rings. The third-order valence-electron chi connectivity index (χ3n) is 4.79. The van der Waals surface area contributed by atoms with Crippen LogP contribution in [0.4, 0.5) is 24.5 Å². The number of alkyl halides is 3. The number of ether oxygens (including phenoxy) is 2. The Morgan fingerprint density at radius 2 is 1.81 bits per heavy atom. The fourth-order valence-corrected chi connectivity index (χ4v) is 2.96. The molecule has 0 saturated heterocycles. The molecule has 0 aliphatic carbocycles. The predicted octanol–water partition coefficient (Wildman–Crippen LogP) is 4.13. The Hall–Kier alpha value is -3.50. The molecular weight excluding hydrogens is 431 g/mol. The molecule has 0 saturated carbocycles. The van der Waals surface area contributed by atoms with Crippen molar-refractivity contribution >= 4 is 17.3 Å². The second-order valence-corrected chi connectivity index (χ2v) is 6.92. The first-order chi connectivity index (χ1) is 15.1. The average Bonchev–Trinajstić information content (AvgIpc) is 2.76. The van der Waals surface area contributed by atoms with E-state index in [9.17, 15) is 28.1 Å². The van der Waals surface area contributed by atoms with E-state index in [0.29, 0.717) is 30.5 Å². The molecule has 32 heavy (non-hydrogen) atoms. The fourth-order valence-electron chi connectivity index (χ4n) is 2.96. The second-order valence-electron chi connectivity index (χ2n) is 6.92. The van der Waals surface area contributed by atoms with Crippen LogP contribution in [0.5, 0.6) is 11.5 Å². The molecule has 2 aromatic carbocycles. The normalized spacial score (nSPS) is 11.1. The van der Waals surface area contributed by atoms with E-state index >= 15 is 0 Å². The maximum absolute atomic E-state index is 12.8. The Labute approximate surface area is 183 Å². The van der Waals surface area contributed by atoms with Gasteiger partial charge < -0.3 is 19.7 Å². The molecule has 1 N–H and O–H groups in total. The van der Waals surface area contributed by atoms with Crippen molar-refractivity contribution in [2.75, 3.05) is 39.7 Å². The summed E-state index contributed by atoms with van der Waals surface area (Å²) in [5.74, 6) is 0.970. The highest BCUT2D eigenvalue weighted by Crippen LogP contribution is 2.35. The number of nitro groups is 1. The van der Waals surface area contributed by atoms with Gasteiger partial charge >= 0.3 is 6.18 Å². The van der Waals surface area contributed by atoms with Crippen LogP contribution < -0.4 is 14.8 Å². The number of hydrogen-bond acceptors (Lipinski definition) is 6. The van der Waals surface area contributed by atoms with Crippen LogP contribution in [-0.2, 0) is 17.4 Å². The van der Waals surface area contributed by atoms with Gasteiger partial charge in [0, 0.05) is 32.6 Å². The smallest absolute Gasteiger partial charge is 0.416 e. The summed E-state index contributed by atoms with van der Waals surface area (Å²) in [6.07, 6.45) is -4.10. The van der Waals surface area contributed by atoms with Crippen molar-refractivity contribution in [2.45, 2.75) is 19.0 Å². The van der Waals surface area contributed by atoms with Crippen LogP contribution in [0.1, 0.15) is 17.5 Å². The topological polar surface area (TPSA) is 93.9 Å². The fraction of sp³-hybridized carbons (Fsp3) is 0.381. The summed E-state index contributed by atoms with van der Waals surface area (Å²) in [6.45, 7) is 0.459. The first-order valence-corrected chi connectivity index (χ1v) is 9.61. The van der Waals surface area contributed by atoms with Crippen LogP contribution in [0.25, 0.3) is 0 Å². The van der Waals surface area contributed by atoms with Gasteiger partial charge in [-0.15, -0.1) is 0 Å². The molecule has 0 aromatic heterocycles. The van der Waals surface area contributed by atoms with E-state index in [1.807, 2.05) is 12.1 Å². The summed E-state index contributed by atoms with van der Waals surface area (Å²) in [4.78, 5) is 24.1. The number of nitrogens with one attached hydrogen (secondary N) is 1. The van der Waals surface area contributed by atoms with E-state index in [2.05, 4.69) is 5.32 Å². The van der Waals surface area contributed by atoms with Crippen LogP contribution in [0.2, 0.25) is 0 Å². The number of nitro benzene ring substituents is 1. The summed E-state index contributed by atoms with van der Waals surface area (Å²) >= 11 is 0. The zero-order valence-electron chi connectivity index (χ0n) is 17.9. The van der Waals surface area contributed by atoms with Gasteiger partial charge in [-0.25, -0.2) is 0 Å². The first kappa shape index (κ1) is 24.8. The molecule has 0 unspecified atom stereocenters. The molecule has 8 nitrogen and oxygen atoms in total. The summed E-state index contributed by atoms with van der Waals surface area (Å²) in [5.41, 5.74) is -0.945. The lowest BCUT2D eigenvalue weighted by Crippen LogP contribution is -2.30. The van der Waals surface area contributed by atoms with Crippen molar-refractivity contribution in [3.8, 4) is 11.5 Å². The van der Waals surface area contributed by atoms with E-state index in [-0.39, 0.29) is 24.6 Å². The van der Waals surface area contributed by atoms with Gasteiger partial charge in [-0.2, -0.15) is 13.2 Å². The number of anilines is 1. The maximum Gasteiger partial charge on any atom is 0.416 e. The number of carbonyl (C=O) groups excluding carboxylic acids is 1. The summed E-state index contributed by atoms with van der Waals surface area (Å²) in [7, 11) is 4.70. The third-order valence-corrected chi connectivity index (χ3v) is 4.79. The van der Waals surface area contributed by atoms with Crippen molar-refractivity contribution in [1.82, 2.24) is 4.90 Å². The standard InChI is InChI=1S/C21H24F3N3O5/c1-26(11-9-14-4-7-18(31-2)19(12-14)32-3)20(28)8-10-25-16-6-5-15(21(22,23)24)13-17(16)27(29)30/h4-7,12-13,25H,8-11H2,1-3H3. The van der Waals surface area contributed by atoms with E-state index in [1.165, 1.54) is 19.1 Å². The van der Waals surface area contributed by atoms with E-state index in [1.54, 1.807) is 13.1 Å². The van der Waals surface area contributed by atoms with Gasteiger partial charge in [0.1, 0.15) is 5.69 Å². The Morgan fingerprint density at radius 1 is 1.12 bits per heavy atom. The SMILES string of the molecule is COc1ccc(CCN(C)C(=O)CCNc2ccc(C(F)(F)F)cc2[N+](=O)[O-])cc1OC. The molecule has 0 fully saturated rings. The van der Waals surface area contributed by atoms with Crippen molar-refractivity contribution in [2.24, 2.45) is 0 Å². The summed E-state index contributed by atoms with van der Waals surface area (Å²) < 4.78 is 48.8. The van der Waals surface area contributed by atoms with Gasteiger partial charge in [-0.1, -0.05) is 6.07 Å². The minimum absolute atomic E-state index is 0.0145. The zero-order chi connectivity index (χ0) is 23.9. The number of hydrogen-bond donors (Lipinski definition) is 1. The van der Waals surface area contributed by atoms with E-state index < -0.39 is 22.4 Å². The van der Waals surface area contributed by atoms with Crippen molar-refractivity contribution < 1.29 is 32.4 Å². The number of amides is 1. The van der Waals surface area contributed by atoms with Gasteiger partial charge in [-0.3, -0.25) is 14.9 Å².